The zero-order valence-corrected chi connectivity index (χ0v) is 21.5. The Morgan fingerprint density at radius 1 is 1.29 bits per heavy atom. The van der Waals surface area contributed by atoms with Gasteiger partial charge in [0, 0.05) is 29.1 Å². The van der Waals surface area contributed by atoms with Crippen molar-refractivity contribution in [3.63, 3.8) is 0 Å². The van der Waals surface area contributed by atoms with Crippen LogP contribution in [-0.2, 0) is 19.1 Å². The zero-order valence-electron chi connectivity index (χ0n) is 20.7. The van der Waals surface area contributed by atoms with Crippen molar-refractivity contribution in [3.8, 4) is 0 Å². The van der Waals surface area contributed by atoms with Crippen LogP contribution in [0.2, 0.25) is 5.02 Å². The molecular weight excluding hydrogens is 519 g/mol. The Morgan fingerprint density at radius 2 is 2.08 bits per heavy atom. The third-order valence-electron chi connectivity index (χ3n) is 5.48. The third-order valence-corrected chi connectivity index (χ3v) is 5.72. The fourth-order valence-corrected chi connectivity index (χ4v) is 3.69. The first kappa shape index (κ1) is 26.9. The van der Waals surface area contributed by atoms with Crippen molar-refractivity contribution in [1.82, 2.24) is 19.5 Å². The first-order valence-corrected chi connectivity index (χ1v) is 12.2. The molecule has 0 radical (unpaired) electrons. The molecule has 1 aliphatic rings. The summed E-state index contributed by atoms with van der Waals surface area (Å²) in [5.41, 5.74) is 1.84. The average Bonchev–Trinajstić information content (AvgIpc) is 3.60. The van der Waals surface area contributed by atoms with E-state index in [0.717, 1.165) is 17.7 Å². The minimum Gasteiger partial charge on any atom is -0.435 e. The molecule has 4 rings (SSSR count). The summed E-state index contributed by atoms with van der Waals surface area (Å²) in [5, 5.41) is 11.2. The Kier molecular flexibility index (Phi) is 8.41. The van der Waals surface area contributed by atoms with Gasteiger partial charge < -0.3 is 20.1 Å². The second-order valence-electron chi connectivity index (χ2n) is 8.62. The van der Waals surface area contributed by atoms with Gasteiger partial charge in [0.2, 0.25) is 12.3 Å². The van der Waals surface area contributed by atoms with Crippen LogP contribution in [0.1, 0.15) is 38.7 Å². The van der Waals surface area contributed by atoms with Crippen molar-refractivity contribution in [1.29, 1.82) is 0 Å². The maximum Gasteiger partial charge on any atom is 0.510 e. The number of benzene rings is 1. The molecule has 0 atom stereocenters. The highest BCUT2D eigenvalue weighted by Crippen LogP contribution is 2.29. The summed E-state index contributed by atoms with van der Waals surface area (Å²) in [6.45, 7) is 2.86. The van der Waals surface area contributed by atoms with E-state index in [1.165, 1.54) is 18.2 Å². The molecule has 1 fully saturated rings. The molecule has 2 N–H and O–H groups in total. The Hall–Kier alpha value is -4.19. The maximum absolute atomic E-state index is 14.3. The molecule has 1 aliphatic carbocycles. The third kappa shape index (κ3) is 6.76. The van der Waals surface area contributed by atoms with Gasteiger partial charge in [0.25, 0.3) is 0 Å². The number of aromatic nitrogens is 3. The smallest absolute Gasteiger partial charge is 0.435 e. The Balaban J connectivity index is 1.57. The van der Waals surface area contributed by atoms with E-state index in [1.54, 1.807) is 36.7 Å². The lowest BCUT2D eigenvalue weighted by atomic mass is 10.1. The fourth-order valence-electron chi connectivity index (χ4n) is 3.52. The Bertz CT molecular complexity index is 1390. The van der Waals surface area contributed by atoms with Gasteiger partial charge in [0.05, 0.1) is 18.5 Å². The van der Waals surface area contributed by atoms with Crippen LogP contribution in [0.3, 0.4) is 0 Å². The van der Waals surface area contributed by atoms with E-state index in [1.807, 2.05) is 0 Å². The SMILES string of the molecule is CCOC(=O)OCN(C=O)C(=O)C/C(C)=C\c1cnn2c(NC3CC3)cc(Nc3cc(Cl)ccc3F)nc12. The van der Waals surface area contributed by atoms with E-state index in [2.05, 4.69) is 25.5 Å². The molecule has 1 aromatic carbocycles. The van der Waals surface area contributed by atoms with Crippen molar-refractivity contribution in [2.75, 3.05) is 24.0 Å². The van der Waals surface area contributed by atoms with Crippen LogP contribution < -0.4 is 10.6 Å². The Labute approximate surface area is 222 Å². The molecule has 0 unspecified atom stereocenters. The van der Waals surface area contributed by atoms with Gasteiger partial charge in [-0.3, -0.25) is 9.59 Å². The summed E-state index contributed by atoms with van der Waals surface area (Å²) in [6.07, 6.45) is 4.55. The summed E-state index contributed by atoms with van der Waals surface area (Å²) in [7, 11) is 0. The second-order valence-corrected chi connectivity index (χ2v) is 9.06. The molecular formula is C25H26ClFN6O5. The van der Waals surface area contributed by atoms with E-state index >= 15 is 0 Å². The average molecular weight is 545 g/mol. The van der Waals surface area contributed by atoms with Crippen molar-refractivity contribution in [3.05, 3.63) is 52.4 Å². The topological polar surface area (TPSA) is 127 Å². The number of nitrogens with one attached hydrogen (secondary N) is 2. The number of hydrogen-bond acceptors (Lipinski definition) is 9. The standard InChI is InChI=1S/C25H26ClFN6O5/c1-3-37-25(36)38-14-32(13-34)23(35)9-15(2)8-16-12-28-33-22(29-18-5-6-18)11-21(31-24(16)33)30-20-10-17(26)4-7-19(20)27/h4,7-8,10-13,18,29H,3,5-6,9,14H2,1-2H3,(H,30,31)/b15-8-. The van der Waals surface area contributed by atoms with Gasteiger partial charge >= 0.3 is 6.16 Å². The van der Waals surface area contributed by atoms with Gasteiger partial charge in [-0.1, -0.05) is 23.3 Å². The van der Waals surface area contributed by atoms with E-state index in [4.69, 9.17) is 16.3 Å². The molecule has 2 aromatic heterocycles. The lowest BCUT2D eigenvalue weighted by Crippen LogP contribution is -2.33. The number of carbonyl (C=O) groups is 3. The number of imide groups is 1. The molecule has 0 saturated heterocycles. The number of anilines is 3. The molecule has 2 heterocycles. The number of carbonyl (C=O) groups excluding carboxylic acids is 3. The minimum atomic E-state index is -0.977. The van der Waals surface area contributed by atoms with Crippen molar-refractivity contribution in [2.24, 2.45) is 0 Å². The largest absolute Gasteiger partial charge is 0.510 e. The number of ether oxygens (including phenoxy) is 2. The van der Waals surface area contributed by atoms with Gasteiger partial charge in [-0.2, -0.15) is 9.61 Å². The Morgan fingerprint density at radius 3 is 2.79 bits per heavy atom. The van der Waals surface area contributed by atoms with Crippen LogP contribution >= 0.6 is 11.6 Å². The number of halogens is 2. The van der Waals surface area contributed by atoms with Gasteiger partial charge in [-0.05, 0) is 44.9 Å². The summed E-state index contributed by atoms with van der Waals surface area (Å²) in [4.78, 5) is 40.6. The van der Waals surface area contributed by atoms with Crippen LogP contribution in [0.4, 0.5) is 26.5 Å². The summed E-state index contributed by atoms with van der Waals surface area (Å²) < 4.78 is 25.4. The van der Waals surface area contributed by atoms with Crippen LogP contribution in [0.5, 0.6) is 0 Å². The first-order chi connectivity index (χ1) is 18.3. The molecule has 200 valence electrons. The number of hydrogen-bond donors (Lipinski definition) is 2. The fraction of sp³-hybridized carbons (Fsp3) is 0.320. The molecule has 0 aliphatic heterocycles. The number of nitrogens with zero attached hydrogens (tertiary/aromatic N) is 4. The summed E-state index contributed by atoms with van der Waals surface area (Å²) in [6, 6.07) is 6.23. The molecule has 0 bridgehead atoms. The lowest BCUT2D eigenvalue weighted by Gasteiger charge is -2.15. The van der Waals surface area contributed by atoms with E-state index in [-0.39, 0.29) is 25.1 Å². The molecule has 3 aromatic rings. The molecule has 0 spiro atoms. The predicted molar refractivity (Wildman–Crippen MR) is 138 cm³/mol. The van der Waals surface area contributed by atoms with Crippen LogP contribution in [0.15, 0.2) is 36.0 Å². The van der Waals surface area contributed by atoms with Crippen LogP contribution in [0.25, 0.3) is 11.7 Å². The minimum absolute atomic E-state index is 0.104. The van der Waals surface area contributed by atoms with E-state index in [0.29, 0.717) is 39.5 Å². The highest BCUT2D eigenvalue weighted by Gasteiger charge is 2.23. The number of rotatable bonds is 11. The summed E-state index contributed by atoms with van der Waals surface area (Å²) >= 11 is 6.03. The normalized spacial score (nSPS) is 13.2. The summed E-state index contributed by atoms with van der Waals surface area (Å²) in [5.74, 6) is -0.0206. The maximum atomic E-state index is 14.3. The molecule has 2 amide bonds. The molecule has 1 saturated carbocycles. The van der Waals surface area contributed by atoms with Crippen LogP contribution in [-0.4, -0.2) is 57.4 Å². The molecule has 11 nitrogen and oxygen atoms in total. The molecule has 38 heavy (non-hydrogen) atoms. The highest BCUT2D eigenvalue weighted by molar-refractivity contribution is 6.30. The van der Waals surface area contributed by atoms with Crippen molar-refractivity contribution >= 4 is 59.1 Å². The second kappa shape index (κ2) is 11.9. The van der Waals surface area contributed by atoms with E-state index < -0.39 is 24.6 Å². The lowest BCUT2D eigenvalue weighted by molar-refractivity contribution is -0.142. The monoisotopic (exact) mass is 544 g/mol. The van der Waals surface area contributed by atoms with Gasteiger partial charge in [0.15, 0.2) is 12.4 Å². The van der Waals surface area contributed by atoms with Gasteiger partial charge in [-0.25, -0.2) is 19.1 Å². The predicted octanol–water partition coefficient (Wildman–Crippen LogP) is 4.75. The number of fused-ring (bicyclic) bond motifs is 1. The van der Waals surface area contributed by atoms with Crippen LogP contribution in [0, 0.1) is 5.82 Å². The molecule has 13 heteroatoms. The van der Waals surface area contributed by atoms with Gasteiger partial charge in [0.1, 0.15) is 17.5 Å². The quantitative estimate of drug-likeness (QED) is 0.200. The van der Waals surface area contributed by atoms with Crippen molar-refractivity contribution < 1.29 is 28.2 Å². The number of amides is 2. The zero-order chi connectivity index (χ0) is 27.2. The first-order valence-electron chi connectivity index (χ1n) is 11.9. The highest BCUT2D eigenvalue weighted by atomic mass is 35.5. The van der Waals surface area contributed by atoms with E-state index in [9.17, 15) is 18.8 Å². The van der Waals surface area contributed by atoms with Crippen molar-refractivity contribution in [2.45, 2.75) is 39.2 Å². The van der Waals surface area contributed by atoms with Gasteiger partial charge in [-0.15, -0.1) is 0 Å².